The van der Waals surface area contributed by atoms with Gasteiger partial charge in [0.15, 0.2) is 0 Å². The number of para-hydroxylation sites is 1. The Hall–Kier alpha value is -3.02. The number of hydrogen-bond donors (Lipinski definition) is 1. The lowest BCUT2D eigenvalue weighted by molar-refractivity contribution is 0.102. The highest BCUT2D eigenvalue weighted by atomic mass is 79.9. The molecule has 5 aromatic rings. The molecule has 3 nitrogen and oxygen atoms in total. The molecule has 0 saturated heterocycles. The molecule has 1 amide bonds. The van der Waals surface area contributed by atoms with Crippen molar-refractivity contribution in [3.63, 3.8) is 0 Å². The van der Waals surface area contributed by atoms with Crippen LogP contribution >= 0.6 is 27.3 Å². The van der Waals surface area contributed by atoms with Crippen molar-refractivity contribution in [3.8, 4) is 10.6 Å². The van der Waals surface area contributed by atoms with Crippen molar-refractivity contribution < 1.29 is 4.79 Å². The largest absolute Gasteiger partial charge is 0.322 e. The summed E-state index contributed by atoms with van der Waals surface area (Å²) in [5.74, 6) is -0.122. The number of nitrogens with one attached hydrogen (secondary N) is 1. The van der Waals surface area contributed by atoms with Gasteiger partial charge in [-0.05, 0) is 53.6 Å². The van der Waals surface area contributed by atoms with Crippen LogP contribution in [0.1, 0.15) is 15.9 Å². The molecule has 1 heterocycles. The summed E-state index contributed by atoms with van der Waals surface area (Å²) in [4.78, 5) is 17.9. The summed E-state index contributed by atoms with van der Waals surface area (Å²) in [5, 5.41) is 5.99. The van der Waals surface area contributed by atoms with Crippen LogP contribution in [0.2, 0.25) is 0 Å². The standard InChI is InChI=1S/C25H17BrN2OS/c1-15-12-13-16(25-28-21-10-2-3-11-23(21)30-25)14-22(15)27-24(29)19-8-4-7-18-17(19)6-5-9-20(18)26/h2-14H,1H3,(H,27,29). The zero-order chi connectivity index (χ0) is 20.7. The highest BCUT2D eigenvalue weighted by Crippen LogP contribution is 2.33. The molecule has 146 valence electrons. The van der Waals surface area contributed by atoms with E-state index in [0.29, 0.717) is 5.56 Å². The van der Waals surface area contributed by atoms with Gasteiger partial charge in [-0.2, -0.15) is 0 Å². The Balaban J connectivity index is 1.51. The van der Waals surface area contributed by atoms with E-state index in [1.807, 2.05) is 73.7 Å². The normalized spacial score (nSPS) is 11.1. The molecule has 0 aliphatic carbocycles. The van der Waals surface area contributed by atoms with Crippen molar-refractivity contribution in [2.45, 2.75) is 6.92 Å². The van der Waals surface area contributed by atoms with Crippen molar-refractivity contribution in [1.29, 1.82) is 0 Å². The minimum absolute atomic E-state index is 0.122. The van der Waals surface area contributed by atoms with Crippen molar-refractivity contribution in [2.24, 2.45) is 0 Å². The van der Waals surface area contributed by atoms with Gasteiger partial charge in [-0.15, -0.1) is 11.3 Å². The average molecular weight is 473 g/mol. The number of halogens is 1. The van der Waals surface area contributed by atoms with Crippen molar-refractivity contribution in [2.75, 3.05) is 5.32 Å². The Kier molecular flexibility index (Phi) is 4.85. The smallest absolute Gasteiger partial charge is 0.256 e. The van der Waals surface area contributed by atoms with Crippen LogP contribution in [0.3, 0.4) is 0 Å². The molecule has 0 fully saturated rings. The predicted octanol–water partition coefficient (Wildman–Crippen LogP) is 7.44. The number of fused-ring (bicyclic) bond motifs is 2. The summed E-state index contributed by atoms with van der Waals surface area (Å²) in [5.41, 5.74) is 4.44. The van der Waals surface area contributed by atoms with E-state index in [2.05, 4.69) is 33.4 Å². The number of amides is 1. The number of thiazole rings is 1. The first-order valence-electron chi connectivity index (χ1n) is 9.55. The van der Waals surface area contributed by atoms with Crippen LogP contribution in [-0.4, -0.2) is 10.9 Å². The van der Waals surface area contributed by atoms with Gasteiger partial charge in [0.1, 0.15) is 5.01 Å². The topological polar surface area (TPSA) is 42.0 Å². The molecule has 1 aromatic heterocycles. The Bertz CT molecular complexity index is 1390. The molecule has 30 heavy (non-hydrogen) atoms. The number of hydrogen-bond acceptors (Lipinski definition) is 3. The van der Waals surface area contributed by atoms with Crippen LogP contribution in [0.25, 0.3) is 31.6 Å². The number of carbonyl (C=O) groups excluding carboxylic acids is 1. The summed E-state index contributed by atoms with van der Waals surface area (Å²) in [6.07, 6.45) is 0. The van der Waals surface area contributed by atoms with E-state index in [1.54, 1.807) is 11.3 Å². The van der Waals surface area contributed by atoms with Gasteiger partial charge < -0.3 is 5.32 Å². The lowest BCUT2D eigenvalue weighted by atomic mass is 10.0. The number of nitrogens with zero attached hydrogens (tertiary/aromatic N) is 1. The van der Waals surface area contributed by atoms with Gasteiger partial charge in [0.2, 0.25) is 0 Å². The summed E-state index contributed by atoms with van der Waals surface area (Å²) in [6.45, 7) is 2.00. The van der Waals surface area contributed by atoms with Crippen LogP contribution in [0.4, 0.5) is 5.69 Å². The van der Waals surface area contributed by atoms with Crippen LogP contribution in [0.15, 0.2) is 83.3 Å². The first-order chi connectivity index (χ1) is 14.6. The van der Waals surface area contributed by atoms with E-state index in [1.165, 1.54) is 0 Å². The highest BCUT2D eigenvalue weighted by Gasteiger charge is 2.14. The summed E-state index contributed by atoms with van der Waals surface area (Å²) >= 11 is 5.23. The Labute approximate surface area is 186 Å². The number of anilines is 1. The van der Waals surface area contributed by atoms with Crippen LogP contribution in [0, 0.1) is 6.92 Å². The van der Waals surface area contributed by atoms with Gasteiger partial charge in [-0.25, -0.2) is 4.98 Å². The fourth-order valence-electron chi connectivity index (χ4n) is 3.54. The minimum Gasteiger partial charge on any atom is -0.322 e. The molecule has 0 aliphatic heterocycles. The van der Waals surface area contributed by atoms with Gasteiger partial charge in [-0.3, -0.25) is 4.79 Å². The quantitative estimate of drug-likeness (QED) is 0.296. The third-order valence-corrected chi connectivity index (χ3v) is 6.92. The Morgan fingerprint density at radius 1 is 0.933 bits per heavy atom. The molecule has 0 radical (unpaired) electrons. The monoisotopic (exact) mass is 472 g/mol. The maximum atomic E-state index is 13.1. The van der Waals surface area contributed by atoms with Gasteiger partial charge in [0.25, 0.3) is 5.91 Å². The Morgan fingerprint density at radius 3 is 2.60 bits per heavy atom. The van der Waals surface area contributed by atoms with Crippen molar-refractivity contribution >= 4 is 59.9 Å². The van der Waals surface area contributed by atoms with Crippen LogP contribution in [-0.2, 0) is 0 Å². The molecule has 0 unspecified atom stereocenters. The predicted molar refractivity (Wildman–Crippen MR) is 129 cm³/mol. The molecule has 5 rings (SSSR count). The summed E-state index contributed by atoms with van der Waals surface area (Å²) in [7, 11) is 0. The first-order valence-corrected chi connectivity index (χ1v) is 11.2. The molecule has 0 saturated carbocycles. The van der Waals surface area contributed by atoms with E-state index in [-0.39, 0.29) is 5.91 Å². The van der Waals surface area contributed by atoms with Crippen molar-refractivity contribution in [3.05, 3.63) is 94.5 Å². The maximum absolute atomic E-state index is 13.1. The molecule has 0 bridgehead atoms. The van der Waals surface area contributed by atoms with Gasteiger partial charge >= 0.3 is 0 Å². The van der Waals surface area contributed by atoms with Crippen molar-refractivity contribution in [1.82, 2.24) is 4.98 Å². The zero-order valence-corrected chi connectivity index (χ0v) is 18.5. The fourth-order valence-corrected chi connectivity index (χ4v) is 5.01. The lowest BCUT2D eigenvalue weighted by Crippen LogP contribution is -2.13. The molecule has 0 spiro atoms. The minimum atomic E-state index is -0.122. The Morgan fingerprint density at radius 2 is 1.73 bits per heavy atom. The number of carbonyl (C=O) groups is 1. The van der Waals surface area contributed by atoms with E-state index in [9.17, 15) is 4.79 Å². The molecular weight excluding hydrogens is 456 g/mol. The zero-order valence-electron chi connectivity index (χ0n) is 16.1. The fraction of sp³-hybridized carbons (Fsp3) is 0.0400. The molecule has 0 atom stereocenters. The highest BCUT2D eigenvalue weighted by molar-refractivity contribution is 9.10. The van der Waals surface area contributed by atoms with Crippen LogP contribution in [0.5, 0.6) is 0 Å². The third kappa shape index (κ3) is 3.40. The number of rotatable bonds is 3. The maximum Gasteiger partial charge on any atom is 0.256 e. The SMILES string of the molecule is Cc1ccc(-c2nc3ccccc3s2)cc1NC(=O)c1cccc2c(Br)cccc12. The first kappa shape index (κ1) is 19.0. The number of benzene rings is 4. The molecule has 4 aromatic carbocycles. The van der Waals surface area contributed by atoms with Gasteiger partial charge in [0, 0.05) is 21.3 Å². The molecule has 0 aliphatic rings. The summed E-state index contributed by atoms with van der Waals surface area (Å²) < 4.78 is 2.13. The van der Waals surface area contributed by atoms with E-state index in [4.69, 9.17) is 4.98 Å². The van der Waals surface area contributed by atoms with Gasteiger partial charge in [0.05, 0.1) is 10.2 Å². The average Bonchev–Trinajstić information content (AvgIpc) is 3.19. The third-order valence-electron chi connectivity index (χ3n) is 5.14. The summed E-state index contributed by atoms with van der Waals surface area (Å²) in [6, 6.07) is 25.9. The number of aromatic nitrogens is 1. The van der Waals surface area contributed by atoms with Gasteiger partial charge in [-0.1, -0.05) is 64.5 Å². The second-order valence-electron chi connectivity index (χ2n) is 7.11. The van der Waals surface area contributed by atoms with Crippen LogP contribution < -0.4 is 5.32 Å². The lowest BCUT2D eigenvalue weighted by Gasteiger charge is -2.12. The second kappa shape index (κ2) is 7.67. The number of aryl methyl sites for hydroxylation is 1. The van der Waals surface area contributed by atoms with E-state index in [0.717, 1.165) is 47.3 Å². The second-order valence-corrected chi connectivity index (χ2v) is 9.00. The molecule has 1 N–H and O–H groups in total. The molecular formula is C25H17BrN2OS. The molecule has 5 heteroatoms. The van der Waals surface area contributed by atoms with E-state index >= 15 is 0 Å². The van der Waals surface area contributed by atoms with E-state index < -0.39 is 0 Å².